The second-order valence-corrected chi connectivity index (χ2v) is 8.06. The molecule has 3 rings (SSSR count). The van der Waals surface area contributed by atoms with Crippen molar-refractivity contribution in [3.8, 4) is 0 Å². The second kappa shape index (κ2) is 12.6. The van der Waals surface area contributed by atoms with Gasteiger partial charge in [0.15, 0.2) is 5.96 Å². The highest BCUT2D eigenvalue weighted by Crippen LogP contribution is 2.24. The maximum atomic E-state index is 4.41. The van der Waals surface area contributed by atoms with Gasteiger partial charge in [0.05, 0.1) is 0 Å². The van der Waals surface area contributed by atoms with Crippen molar-refractivity contribution in [1.82, 2.24) is 20.4 Å². The standard InChI is InChI=1S/C22H37N5.HI/c1-23-22(25-20-12-7-4-8-13-20)24-14-9-15-27-17-16-26(2)18-21(27)19-10-5-3-6-11-19;/h3,5-6,10-11,20-21H,4,7-9,12-18H2,1-2H3,(H2,23,24,25);1H. The number of piperazine rings is 1. The molecule has 0 radical (unpaired) electrons. The largest absolute Gasteiger partial charge is 0.356 e. The number of hydrogen-bond acceptors (Lipinski definition) is 3. The molecule has 1 unspecified atom stereocenters. The summed E-state index contributed by atoms with van der Waals surface area (Å²) in [5.41, 5.74) is 1.44. The minimum atomic E-state index is 0. The number of nitrogens with zero attached hydrogens (tertiary/aromatic N) is 3. The topological polar surface area (TPSA) is 42.9 Å². The van der Waals surface area contributed by atoms with E-state index in [0.717, 1.165) is 45.1 Å². The van der Waals surface area contributed by atoms with E-state index in [0.29, 0.717) is 12.1 Å². The van der Waals surface area contributed by atoms with E-state index < -0.39 is 0 Å². The minimum Gasteiger partial charge on any atom is -0.356 e. The predicted molar refractivity (Wildman–Crippen MR) is 130 cm³/mol. The van der Waals surface area contributed by atoms with Gasteiger partial charge < -0.3 is 15.5 Å². The zero-order valence-corrected chi connectivity index (χ0v) is 19.9. The molecule has 0 amide bonds. The van der Waals surface area contributed by atoms with Crippen LogP contribution in [-0.4, -0.2) is 68.6 Å². The van der Waals surface area contributed by atoms with Gasteiger partial charge in [-0.25, -0.2) is 0 Å². The third-order valence-corrected chi connectivity index (χ3v) is 5.96. The first-order valence-corrected chi connectivity index (χ1v) is 10.7. The van der Waals surface area contributed by atoms with Crippen LogP contribution in [-0.2, 0) is 0 Å². The molecule has 2 N–H and O–H groups in total. The zero-order valence-electron chi connectivity index (χ0n) is 17.6. The Morgan fingerprint density at radius 2 is 1.86 bits per heavy atom. The van der Waals surface area contributed by atoms with Crippen LogP contribution < -0.4 is 10.6 Å². The summed E-state index contributed by atoms with van der Waals surface area (Å²) in [6, 6.07) is 12.1. The molecule has 2 fully saturated rings. The van der Waals surface area contributed by atoms with Crippen LogP contribution in [0.5, 0.6) is 0 Å². The van der Waals surface area contributed by atoms with E-state index in [9.17, 15) is 0 Å². The molecule has 1 saturated carbocycles. The zero-order chi connectivity index (χ0) is 18.9. The highest BCUT2D eigenvalue weighted by atomic mass is 127. The first kappa shape index (κ1) is 23.4. The number of rotatable bonds is 6. The maximum absolute atomic E-state index is 4.41. The van der Waals surface area contributed by atoms with Gasteiger partial charge in [-0.2, -0.15) is 0 Å². The molecule has 1 saturated heterocycles. The third-order valence-electron chi connectivity index (χ3n) is 5.96. The Morgan fingerprint density at radius 1 is 1.11 bits per heavy atom. The molecule has 1 heterocycles. The number of hydrogen-bond donors (Lipinski definition) is 2. The Labute approximate surface area is 188 Å². The summed E-state index contributed by atoms with van der Waals surface area (Å²) < 4.78 is 0. The fourth-order valence-electron chi connectivity index (χ4n) is 4.34. The van der Waals surface area contributed by atoms with E-state index in [1.807, 2.05) is 7.05 Å². The fraction of sp³-hybridized carbons (Fsp3) is 0.682. The van der Waals surface area contributed by atoms with Crippen molar-refractivity contribution in [3.63, 3.8) is 0 Å². The lowest BCUT2D eigenvalue weighted by Crippen LogP contribution is -2.48. The van der Waals surface area contributed by atoms with Gasteiger partial charge in [-0.3, -0.25) is 9.89 Å². The lowest BCUT2D eigenvalue weighted by atomic mass is 9.96. The fourth-order valence-corrected chi connectivity index (χ4v) is 4.34. The highest BCUT2D eigenvalue weighted by molar-refractivity contribution is 14.0. The molecule has 0 spiro atoms. The quantitative estimate of drug-likeness (QED) is 0.272. The van der Waals surface area contributed by atoms with Crippen molar-refractivity contribution >= 4 is 29.9 Å². The Hall–Kier alpha value is -0.860. The van der Waals surface area contributed by atoms with Gasteiger partial charge in [-0.1, -0.05) is 49.6 Å². The summed E-state index contributed by atoms with van der Waals surface area (Å²) in [5.74, 6) is 0.972. The van der Waals surface area contributed by atoms with E-state index in [-0.39, 0.29) is 24.0 Å². The molecule has 2 aliphatic rings. The first-order chi connectivity index (χ1) is 13.3. The number of benzene rings is 1. The molecule has 1 aliphatic carbocycles. The number of nitrogens with one attached hydrogen (secondary N) is 2. The summed E-state index contributed by atoms with van der Waals surface area (Å²) in [6.07, 6.45) is 7.77. The molecular weight excluding hydrogens is 461 g/mol. The average molecular weight is 499 g/mol. The van der Waals surface area contributed by atoms with Crippen LogP contribution in [0.1, 0.15) is 50.1 Å². The van der Waals surface area contributed by atoms with E-state index >= 15 is 0 Å². The molecular formula is C22H38IN5. The van der Waals surface area contributed by atoms with Crippen molar-refractivity contribution in [1.29, 1.82) is 0 Å². The molecule has 0 aromatic heterocycles. The Morgan fingerprint density at radius 3 is 2.57 bits per heavy atom. The molecule has 28 heavy (non-hydrogen) atoms. The van der Waals surface area contributed by atoms with Crippen molar-refractivity contribution in [2.24, 2.45) is 4.99 Å². The van der Waals surface area contributed by atoms with E-state index in [1.54, 1.807) is 0 Å². The van der Waals surface area contributed by atoms with Crippen LogP contribution >= 0.6 is 24.0 Å². The summed E-state index contributed by atoms with van der Waals surface area (Å²) in [6.45, 7) is 5.51. The Balaban J connectivity index is 0.00000280. The molecule has 6 heteroatoms. The smallest absolute Gasteiger partial charge is 0.191 e. The van der Waals surface area contributed by atoms with E-state index in [1.165, 1.54) is 37.7 Å². The first-order valence-electron chi connectivity index (χ1n) is 10.7. The Bertz CT molecular complexity index is 574. The van der Waals surface area contributed by atoms with Crippen LogP contribution in [0.2, 0.25) is 0 Å². The number of guanidine groups is 1. The van der Waals surface area contributed by atoms with Crippen LogP contribution in [0.15, 0.2) is 35.3 Å². The minimum absolute atomic E-state index is 0. The normalized spacial score (nSPS) is 22.5. The number of likely N-dealkylation sites (N-methyl/N-ethyl adjacent to an activating group) is 1. The molecule has 1 aliphatic heterocycles. The van der Waals surface area contributed by atoms with Gasteiger partial charge in [-0.15, -0.1) is 24.0 Å². The van der Waals surface area contributed by atoms with Crippen molar-refractivity contribution in [2.75, 3.05) is 46.8 Å². The van der Waals surface area contributed by atoms with Gasteiger partial charge in [0.2, 0.25) is 0 Å². The molecule has 1 atom stereocenters. The summed E-state index contributed by atoms with van der Waals surface area (Å²) >= 11 is 0. The number of aliphatic imine (C=N–C) groups is 1. The molecule has 5 nitrogen and oxygen atoms in total. The van der Waals surface area contributed by atoms with Crippen molar-refractivity contribution in [2.45, 2.75) is 50.6 Å². The lowest BCUT2D eigenvalue weighted by molar-refractivity contribution is 0.0891. The average Bonchev–Trinajstić information content (AvgIpc) is 2.72. The Kier molecular flexibility index (Phi) is 10.6. The highest BCUT2D eigenvalue weighted by Gasteiger charge is 2.25. The SMILES string of the molecule is CN=C(NCCCN1CCN(C)CC1c1ccccc1)NC1CCCCC1.I. The molecule has 1 aromatic carbocycles. The van der Waals surface area contributed by atoms with E-state index in [2.05, 4.69) is 62.8 Å². The second-order valence-electron chi connectivity index (χ2n) is 8.06. The van der Waals surface area contributed by atoms with Crippen LogP contribution in [0.4, 0.5) is 0 Å². The molecule has 0 bridgehead atoms. The van der Waals surface area contributed by atoms with Gasteiger partial charge >= 0.3 is 0 Å². The van der Waals surface area contributed by atoms with Crippen LogP contribution in [0.25, 0.3) is 0 Å². The summed E-state index contributed by atoms with van der Waals surface area (Å²) in [5, 5.41) is 7.12. The maximum Gasteiger partial charge on any atom is 0.191 e. The van der Waals surface area contributed by atoms with Gasteiger partial charge in [-0.05, 0) is 31.9 Å². The van der Waals surface area contributed by atoms with Crippen LogP contribution in [0, 0.1) is 0 Å². The van der Waals surface area contributed by atoms with Crippen molar-refractivity contribution < 1.29 is 0 Å². The van der Waals surface area contributed by atoms with Crippen LogP contribution in [0.3, 0.4) is 0 Å². The number of halogens is 1. The van der Waals surface area contributed by atoms with Crippen molar-refractivity contribution in [3.05, 3.63) is 35.9 Å². The van der Waals surface area contributed by atoms with Gasteiger partial charge in [0, 0.05) is 51.9 Å². The van der Waals surface area contributed by atoms with Gasteiger partial charge in [0.25, 0.3) is 0 Å². The third kappa shape index (κ3) is 7.19. The lowest BCUT2D eigenvalue weighted by Gasteiger charge is -2.40. The predicted octanol–water partition coefficient (Wildman–Crippen LogP) is 3.48. The van der Waals surface area contributed by atoms with E-state index in [4.69, 9.17) is 0 Å². The molecule has 158 valence electrons. The molecule has 1 aromatic rings. The summed E-state index contributed by atoms with van der Waals surface area (Å²) in [7, 11) is 4.11. The monoisotopic (exact) mass is 499 g/mol. The van der Waals surface area contributed by atoms with Gasteiger partial charge in [0.1, 0.15) is 0 Å². The summed E-state index contributed by atoms with van der Waals surface area (Å²) in [4.78, 5) is 9.51.